The number of likely N-dealkylation sites (tertiary alicyclic amines) is 1. The number of benzene rings is 3. The molecule has 1 heterocycles. The van der Waals surface area contributed by atoms with Crippen LogP contribution in [0.5, 0.6) is 0 Å². The van der Waals surface area contributed by atoms with Crippen LogP contribution in [-0.2, 0) is 17.9 Å². The molecule has 2 atom stereocenters. The Morgan fingerprint density at radius 2 is 1.52 bits per heavy atom. The van der Waals surface area contributed by atoms with E-state index in [1.807, 2.05) is 19.1 Å². The maximum Gasteiger partial charge on any atom is 0.309 e. The van der Waals surface area contributed by atoms with Gasteiger partial charge in [0.05, 0.1) is 5.92 Å². The summed E-state index contributed by atoms with van der Waals surface area (Å²) in [5.74, 6) is -1.18. The fraction of sp³-hybridized carbons (Fsp3) is 0.321. The molecule has 3 aromatic rings. The highest BCUT2D eigenvalue weighted by Gasteiger charge is 2.40. The molecule has 0 aliphatic carbocycles. The maximum absolute atomic E-state index is 13.3. The van der Waals surface area contributed by atoms with Crippen molar-refractivity contribution in [1.82, 2.24) is 4.90 Å². The molecule has 1 aliphatic heterocycles. The van der Waals surface area contributed by atoms with E-state index in [4.69, 9.17) is 5.11 Å². The van der Waals surface area contributed by atoms with Gasteiger partial charge in [0, 0.05) is 37.4 Å². The van der Waals surface area contributed by atoms with E-state index in [2.05, 4.69) is 72.2 Å². The van der Waals surface area contributed by atoms with Gasteiger partial charge in [0.1, 0.15) is 5.82 Å². The molecule has 0 bridgehead atoms. The lowest BCUT2D eigenvalue weighted by Crippen LogP contribution is -2.56. The number of aliphatic carboxylic acids is 1. The zero-order valence-corrected chi connectivity index (χ0v) is 19.4. The van der Waals surface area contributed by atoms with Gasteiger partial charge < -0.3 is 10.0 Å². The van der Waals surface area contributed by atoms with Crippen LogP contribution in [0.4, 0.5) is 10.1 Å². The lowest BCUT2D eigenvalue weighted by Gasteiger charge is -2.44. The predicted molar refractivity (Wildman–Crippen MR) is 131 cm³/mol. The molecule has 1 saturated heterocycles. The van der Waals surface area contributed by atoms with Crippen LogP contribution in [0.25, 0.3) is 11.1 Å². The largest absolute Gasteiger partial charge is 0.481 e. The van der Waals surface area contributed by atoms with Crippen molar-refractivity contribution in [1.29, 1.82) is 0 Å². The van der Waals surface area contributed by atoms with E-state index in [9.17, 15) is 9.18 Å². The van der Waals surface area contributed by atoms with Crippen LogP contribution in [0.3, 0.4) is 0 Å². The summed E-state index contributed by atoms with van der Waals surface area (Å²) in [4.78, 5) is 15.6. The minimum atomic E-state index is -0.702. The highest BCUT2D eigenvalue weighted by atomic mass is 19.1. The molecule has 1 N–H and O–H groups in total. The third kappa shape index (κ3) is 5.25. The summed E-state index contributed by atoms with van der Waals surface area (Å²) >= 11 is 0. The van der Waals surface area contributed by atoms with Crippen LogP contribution in [0.1, 0.15) is 31.9 Å². The molecule has 172 valence electrons. The first kappa shape index (κ1) is 23.0. The Kier molecular flexibility index (Phi) is 6.80. The molecule has 0 saturated carbocycles. The molecule has 3 aromatic carbocycles. The summed E-state index contributed by atoms with van der Waals surface area (Å²) < 4.78 is 13.3. The van der Waals surface area contributed by atoms with Gasteiger partial charge in [-0.2, -0.15) is 0 Å². The summed E-state index contributed by atoms with van der Waals surface area (Å²) in [7, 11) is 0. The lowest BCUT2D eigenvalue weighted by atomic mass is 9.89. The Hall–Kier alpha value is -3.18. The lowest BCUT2D eigenvalue weighted by molar-refractivity contribution is -0.152. The third-order valence-electron chi connectivity index (χ3n) is 6.67. The summed E-state index contributed by atoms with van der Waals surface area (Å²) in [6, 6.07) is 24.1. The minimum Gasteiger partial charge on any atom is -0.481 e. The van der Waals surface area contributed by atoms with Gasteiger partial charge in [-0.15, -0.1) is 0 Å². The molecule has 4 rings (SSSR count). The van der Waals surface area contributed by atoms with Crippen molar-refractivity contribution in [2.24, 2.45) is 5.92 Å². The molecule has 0 amide bonds. The molecule has 2 unspecified atom stereocenters. The zero-order valence-electron chi connectivity index (χ0n) is 19.4. The average molecular weight is 447 g/mol. The van der Waals surface area contributed by atoms with E-state index >= 15 is 0 Å². The second-order valence-corrected chi connectivity index (χ2v) is 9.21. The first-order valence-corrected chi connectivity index (χ1v) is 11.5. The molecule has 33 heavy (non-hydrogen) atoms. The average Bonchev–Trinajstić information content (AvgIpc) is 2.81. The van der Waals surface area contributed by atoms with Crippen LogP contribution < -0.4 is 4.90 Å². The van der Waals surface area contributed by atoms with Gasteiger partial charge >= 0.3 is 5.97 Å². The SMILES string of the molecule is CC1C(C(=O)O)CN1Cc1ccc(-c2ccc(CN(c3ccc(F)cc3)C(C)C)cc2)cc1. The van der Waals surface area contributed by atoms with Crippen LogP contribution >= 0.6 is 0 Å². The normalized spacial score (nSPS) is 18.2. The highest BCUT2D eigenvalue weighted by Crippen LogP contribution is 2.28. The van der Waals surface area contributed by atoms with Gasteiger partial charge in [0.25, 0.3) is 0 Å². The van der Waals surface area contributed by atoms with Gasteiger partial charge in [-0.05, 0) is 67.3 Å². The number of hydrogen-bond donors (Lipinski definition) is 1. The third-order valence-corrected chi connectivity index (χ3v) is 6.67. The van der Waals surface area contributed by atoms with Gasteiger partial charge in [-0.3, -0.25) is 9.69 Å². The monoisotopic (exact) mass is 446 g/mol. The van der Waals surface area contributed by atoms with Gasteiger partial charge in [0.2, 0.25) is 0 Å². The van der Waals surface area contributed by atoms with Crippen molar-refractivity contribution >= 4 is 11.7 Å². The van der Waals surface area contributed by atoms with Gasteiger partial charge in [-0.25, -0.2) is 4.39 Å². The van der Waals surface area contributed by atoms with Gasteiger partial charge in [-0.1, -0.05) is 48.5 Å². The van der Waals surface area contributed by atoms with Crippen molar-refractivity contribution in [3.8, 4) is 11.1 Å². The number of nitrogens with zero attached hydrogens (tertiary/aromatic N) is 2. The van der Waals surface area contributed by atoms with Crippen molar-refractivity contribution in [3.05, 3.63) is 89.7 Å². The molecular weight excluding hydrogens is 415 g/mol. The Morgan fingerprint density at radius 1 is 0.970 bits per heavy atom. The number of carboxylic acids is 1. The molecule has 0 aromatic heterocycles. The molecule has 1 aliphatic rings. The van der Waals surface area contributed by atoms with Crippen LogP contribution in [0, 0.1) is 11.7 Å². The number of anilines is 1. The Bertz CT molecular complexity index is 1080. The molecule has 4 nitrogen and oxygen atoms in total. The molecular formula is C28H31FN2O2. The van der Waals surface area contributed by atoms with Crippen molar-refractivity contribution in [2.45, 2.75) is 45.9 Å². The van der Waals surface area contributed by atoms with Crippen molar-refractivity contribution in [2.75, 3.05) is 11.4 Å². The van der Waals surface area contributed by atoms with Crippen LogP contribution in [0.15, 0.2) is 72.8 Å². The van der Waals surface area contributed by atoms with Crippen molar-refractivity contribution in [3.63, 3.8) is 0 Å². The number of rotatable bonds is 8. The Morgan fingerprint density at radius 3 is 2.00 bits per heavy atom. The quantitative estimate of drug-likeness (QED) is 0.474. The maximum atomic E-state index is 13.3. The summed E-state index contributed by atoms with van der Waals surface area (Å²) in [5.41, 5.74) is 5.72. The van der Waals surface area contributed by atoms with E-state index in [1.54, 1.807) is 0 Å². The van der Waals surface area contributed by atoms with E-state index in [0.29, 0.717) is 12.6 Å². The summed E-state index contributed by atoms with van der Waals surface area (Å²) in [5, 5.41) is 9.17. The second kappa shape index (κ2) is 9.75. The Labute approximate surface area is 195 Å². The van der Waals surface area contributed by atoms with E-state index < -0.39 is 5.97 Å². The predicted octanol–water partition coefficient (Wildman–Crippen LogP) is 5.81. The van der Waals surface area contributed by atoms with E-state index in [0.717, 1.165) is 29.9 Å². The van der Waals surface area contributed by atoms with Crippen LogP contribution in [0.2, 0.25) is 0 Å². The molecule has 1 fully saturated rings. The summed E-state index contributed by atoms with van der Waals surface area (Å²) in [6.07, 6.45) is 0. The fourth-order valence-electron chi connectivity index (χ4n) is 4.42. The number of carbonyl (C=O) groups is 1. The zero-order chi connectivity index (χ0) is 23.5. The standard InChI is InChI=1S/C28H31FN2O2/c1-19(2)31(26-14-12-25(29)13-15-26)17-22-6-10-24(11-7-22)23-8-4-21(5-9-23)16-30-18-27(20(30)3)28(32)33/h4-15,19-20,27H,16-18H2,1-3H3,(H,32,33). The van der Waals surface area contributed by atoms with E-state index in [1.165, 1.54) is 23.3 Å². The highest BCUT2D eigenvalue weighted by molar-refractivity contribution is 5.72. The molecule has 0 spiro atoms. The number of hydrogen-bond acceptors (Lipinski definition) is 3. The first-order valence-electron chi connectivity index (χ1n) is 11.5. The van der Waals surface area contributed by atoms with Gasteiger partial charge in [0.15, 0.2) is 0 Å². The molecule has 0 radical (unpaired) electrons. The first-order chi connectivity index (χ1) is 15.8. The molecule has 5 heteroatoms. The van der Waals surface area contributed by atoms with E-state index in [-0.39, 0.29) is 17.8 Å². The smallest absolute Gasteiger partial charge is 0.309 e. The Balaban J connectivity index is 1.39. The number of carboxylic acid groups (broad SMARTS) is 1. The minimum absolute atomic E-state index is 0.0787. The fourth-order valence-corrected chi connectivity index (χ4v) is 4.42. The van der Waals surface area contributed by atoms with Crippen molar-refractivity contribution < 1.29 is 14.3 Å². The number of halogens is 1. The topological polar surface area (TPSA) is 43.8 Å². The summed E-state index contributed by atoms with van der Waals surface area (Å²) in [6.45, 7) is 8.41. The van der Waals surface area contributed by atoms with Crippen LogP contribution in [-0.4, -0.2) is 34.6 Å². The second-order valence-electron chi connectivity index (χ2n) is 9.21.